The van der Waals surface area contributed by atoms with Crippen molar-refractivity contribution in [3.05, 3.63) is 59.7 Å². The zero-order valence-corrected chi connectivity index (χ0v) is 16.8. The molecule has 1 atom stereocenters. The second-order valence-corrected chi connectivity index (χ2v) is 8.86. The third-order valence-corrected chi connectivity index (χ3v) is 6.11. The molecule has 0 N–H and O–H groups in total. The normalized spacial score (nSPS) is 15.6. The van der Waals surface area contributed by atoms with Gasteiger partial charge in [0.05, 0.1) is 17.5 Å². The minimum Gasteiger partial charge on any atom is -0.310 e. The molecule has 0 spiro atoms. The molecule has 3 rings (SSSR count). The Balaban J connectivity index is 2.00. The van der Waals surface area contributed by atoms with Crippen LogP contribution in [0.2, 0.25) is 0 Å². The number of hydrogen-bond acceptors (Lipinski definition) is 3. The fourth-order valence-electron chi connectivity index (χ4n) is 3.61. The topological polar surface area (TPSA) is 57.7 Å². The summed E-state index contributed by atoms with van der Waals surface area (Å²) in [6.45, 7) is 1.81. The number of anilines is 2. The Hall–Kier alpha value is -2.55. The van der Waals surface area contributed by atoms with E-state index in [0.29, 0.717) is 12.2 Å². The van der Waals surface area contributed by atoms with Crippen molar-refractivity contribution in [3.8, 4) is 0 Å². The number of benzene rings is 2. The van der Waals surface area contributed by atoms with Crippen LogP contribution in [0.4, 0.5) is 24.5 Å². The molecule has 1 aliphatic rings. The molecule has 0 fully saturated rings. The highest BCUT2D eigenvalue weighted by Crippen LogP contribution is 2.34. The van der Waals surface area contributed by atoms with E-state index in [4.69, 9.17) is 0 Å². The summed E-state index contributed by atoms with van der Waals surface area (Å²) in [5.74, 6) is -0.486. The summed E-state index contributed by atoms with van der Waals surface area (Å²) in [6, 6.07) is 10.1. The van der Waals surface area contributed by atoms with Crippen LogP contribution < -0.4 is 9.21 Å². The van der Waals surface area contributed by atoms with E-state index in [1.807, 2.05) is 12.1 Å². The molecule has 1 unspecified atom stereocenters. The first kappa shape index (κ1) is 21.2. The Morgan fingerprint density at radius 1 is 1.14 bits per heavy atom. The van der Waals surface area contributed by atoms with Crippen molar-refractivity contribution in [2.24, 2.45) is 0 Å². The number of amides is 1. The van der Waals surface area contributed by atoms with E-state index in [2.05, 4.69) is 0 Å². The van der Waals surface area contributed by atoms with Gasteiger partial charge >= 0.3 is 6.18 Å². The van der Waals surface area contributed by atoms with Crippen LogP contribution in [0.3, 0.4) is 0 Å². The lowest BCUT2D eigenvalue weighted by atomic mass is 10.0. The van der Waals surface area contributed by atoms with Crippen molar-refractivity contribution >= 4 is 27.3 Å². The second-order valence-electron chi connectivity index (χ2n) is 7.01. The third kappa shape index (κ3) is 4.39. The van der Waals surface area contributed by atoms with Gasteiger partial charge in [-0.15, -0.1) is 0 Å². The molecule has 5 nitrogen and oxygen atoms in total. The van der Waals surface area contributed by atoms with Crippen molar-refractivity contribution in [2.75, 3.05) is 22.0 Å². The lowest BCUT2D eigenvalue weighted by Gasteiger charge is -2.35. The number of halogens is 3. The molecule has 0 radical (unpaired) electrons. The van der Waals surface area contributed by atoms with Crippen LogP contribution in [0.15, 0.2) is 48.5 Å². The van der Waals surface area contributed by atoms with Gasteiger partial charge in [-0.3, -0.25) is 9.10 Å². The fraction of sp³-hybridized carbons (Fsp3) is 0.350. The quantitative estimate of drug-likeness (QED) is 0.747. The monoisotopic (exact) mass is 426 g/mol. The van der Waals surface area contributed by atoms with Gasteiger partial charge in [0.25, 0.3) is 5.91 Å². The van der Waals surface area contributed by atoms with Gasteiger partial charge in [0.15, 0.2) is 0 Å². The van der Waals surface area contributed by atoms with E-state index >= 15 is 0 Å². The largest absolute Gasteiger partial charge is 0.416 e. The molecule has 156 valence electrons. The number of para-hydroxylation sites is 1. The van der Waals surface area contributed by atoms with Crippen molar-refractivity contribution in [1.82, 2.24) is 0 Å². The number of alkyl halides is 3. The van der Waals surface area contributed by atoms with Crippen LogP contribution in [0.5, 0.6) is 0 Å². The smallest absolute Gasteiger partial charge is 0.310 e. The Labute approximate surface area is 167 Å². The maximum Gasteiger partial charge on any atom is 0.416 e. The molecule has 1 amide bonds. The average Bonchev–Trinajstić information content (AvgIpc) is 2.65. The van der Waals surface area contributed by atoms with Gasteiger partial charge < -0.3 is 4.90 Å². The van der Waals surface area contributed by atoms with E-state index in [1.165, 1.54) is 17.9 Å². The van der Waals surface area contributed by atoms with Crippen LogP contribution in [-0.2, 0) is 27.4 Å². The van der Waals surface area contributed by atoms with E-state index in [1.54, 1.807) is 12.1 Å². The van der Waals surface area contributed by atoms with Gasteiger partial charge in [-0.25, -0.2) is 8.42 Å². The Bertz CT molecular complexity index is 1020. The molecular formula is C20H21F3N2O3S. The fourth-order valence-corrected chi connectivity index (χ4v) is 4.77. The Morgan fingerprint density at radius 3 is 2.48 bits per heavy atom. The second kappa shape index (κ2) is 7.70. The number of rotatable bonds is 4. The summed E-state index contributed by atoms with van der Waals surface area (Å²) in [5, 5.41) is 0. The summed E-state index contributed by atoms with van der Waals surface area (Å²) in [6.07, 6.45) is -2.23. The molecule has 0 saturated carbocycles. The minimum atomic E-state index is -4.63. The number of carbonyl (C=O) groups excluding carboxylic acids is 1. The molecule has 0 saturated heterocycles. The van der Waals surface area contributed by atoms with Crippen LogP contribution in [0.25, 0.3) is 0 Å². The van der Waals surface area contributed by atoms with Gasteiger partial charge in [0, 0.05) is 12.2 Å². The predicted molar refractivity (Wildman–Crippen MR) is 105 cm³/mol. The molecule has 1 heterocycles. The molecule has 2 aromatic carbocycles. The minimum absolute atomic E-state index is 0.200. The van der Waals surface area contributed by atoms with Gasteiger partial charge in [0.1, 0.15) is 6.04 Å². The molecule has 0 aliphatic carbocycles. The Morgan fingerprint density at radius 2 is 1.83 bits per heavy atom. The molecule has 9 heteroatoms. The highest BCUT2D eigenvalue weighted by Gasteiger charge is 2.36. The van der Waals surface area contributed by atoms with Gasteiger partial charge in [0.2, 0.25) is 10.0 Å². The number of carbonyl (C=O) groups is 1. The average molecular weight is 426 g/mol. The number of sulfonamides is 1. The molecule has 2 aromatic rings. The summed E-state index contributed by atoms with van der Waals surface area (Å²) < 4.78 is 64.9. The lowest BCUT2D eigenvalue weighted by molar-refractivity contribution is -0.137. The van der Waals surface area contributed by atoms with Crippen LogP contribution in [0, 0.1) is 0 Å². The molecule has 29 heavy (non-hydrogen) atoms. The SMILES string of the molecule is CC(C(=O)N1CCCc2ccccc21)N(c1cccc(C(F)(F)F)c1)S(C)(=O)=O. The highest BCUT2D eigenvalue weighted by molar-refractivity contribution is 7.92. The summed E-state index contributed by atoms with van der Waals surface area (Å²) in [5.41, 5.74) is 0.498. The highest BCUT2D eigenvalue weighted by atomic mass is 32.2. The Kier molecular flexibility index (Phi) is 5.62. The van der Waals surface area contributed by atoms with Gasteiger partial charge in [-0.1, -0.05) is 24.3 Å². The molecule has 1 aliphatic heterocycles. The molecule has 0 aromatic heterocycles. The van der Waals surface area contributed by atoms with E-state index in [0.717, 1.165) is 47.2 Å². The maximum atomic E-state index is 13.2. The first-order valence-electron chi connectivity index (χ1n) is 9.06. The van der Waals surface area contributed by atoms with Crippen molar-refractivity contribution in [1.29, 1.82) is 0 Å². The van der Waals surface area contributed by atoms with E-state index in [-0.39, 0.29) is 5.69 Å². The zero-order valence-electron chi connectivity index (χ0n) is 16.0. The molecule has 0 bridgehead atoms. The van der Waals surface area contributed by atoms with Crippen molar-refractivity contribution in [3.63, 3.8) is 0 Å². The number of fused-ring (bicyclic) bond motifs is 1. The summed E-state index contributed by atoms with van der Waals surface area (Å²) in [7, 11) is -4.02. The van der Waals surface area contributed by atoms with Crippen LogP contribution >= 0.6 is 0 Å². The predicted octanol–water partition coefficient (Wildman–Crippen LogP) is 3.84. The first-order valence-corrected chi connectivity index (χ1v) is 10.9. The molecular weight excluding hydrogens is 405 g/mol. The van der Waals surface area contributed by atoms with E-state index < -0.39 is 33.7 Å². The van der Waals surface area contributed by atoms with Gasteiger partial charge in [-0.2, -0.15) is 13.2 Å². The van der Waals surface area contributed by atoms with Crippen molar-refractivity contribution < 1.29 is 26.4 Å². The maximum absolute atomic E-state index is 13.2. The van der Waals surface area contributed by atoms with Crippen LogP contribution in [0.1, 0.15) is 24.5 Å². The number of hydrogen-bond donors (Lipinski definition) is 0. The van der Waals surface area contributed by atoms with E-state index in [9.17, 15) is 26.4 Å². The first-order chi connectivity index (χ1) is 13.5. The van der Waals surface area contributed by atoms with Crippen molar-refractivity contribution in [2.45, 2.75) is 32.0 Å². The lowest BCUT2D eigenvalue weighted by Crippen LogP contribution is -2.50. The standard InChI is InChI=1S/C20H21F3N2O3S/c1-14(19(26)24-12-6-8-15-7-3-4-11-18(15)24)25(29(2,27)28)17-10-5-9-16(13-17)20(21,22)23/h3-5,7,9-11,13-14H,6,8,12H2,1-2H3. The number of nitrogens with zero attached hydrogens (tertiary/aromatic N) is 2. The van der Waals surface area contributed by atoms with Crippen LogP contribution in [-0.4, -0.2) is 33.2 Å². The number of aryl methyl sites for hydroxylation is 1. The summed E-state index contributed by atoms with van der Waals surface area (Å²) >= 11 is 0. The van der Waals surface area contributed by atoms with Gasteiger partial charge in [-0.05, 0) is 49.6 Å². The third-order valence-electron chi connectivity index (χ3n) is 4.87. The summed E-state index contributed by atoms with van der Waals surface area (Å²) in [4.78, 5) is 14.7. The zero-order chi connectivity index (χ0) is 21.4.